The van der Waals surface area contributed by atoms with Crippen LogP contribution in [0.15, 0.2) is 121 Å². The Morgan fingerprint density at radius 2 is 1.19 bits per heavy atom. The van der Waals surface area contributed by atoms with Gasteiger partial charge in [-0.2, -0.15) is 0 Å². The van der Waals surface area contributed by atoms with Crippen LogP contribution in [0.1, 0.15) is 16.7 Å². The van der Waals surface area contributed by atoms with Crippen molar-refractivity contribution >= 4 is 43.9 Å². The van der Waals surface area contributed by atoms with Crippen LogP contribution in [0, 0.1) is 0 Å². The van der Waals surface area contributed by atoms with Crippen molar-refractivity contribution in [2.45, 2.75) is 12.1 Å². The molecule has 0 bridgehead atoms. The van der Waals surface area contributed by atoms with Crippen molar-refractivity contribution in [3.63, 3.8) is 0 Å². The van der Waals surface area contributed by atoms with E-state index in [1.165, 1.54) is 0 Å². The first kappa shape index (κ1) is 20.9. The van der Waals surface area contributed by atoms with E-state index in [0.29, 0.717) is 17.7 Å². The Balaban J connectivity index is 1.42. The highest BCUT2D eigenvalue weighted by atomic mass is 16.3. The molecule has 0 fully saturated rings. The molecule has 0 spiro atoms. The van der Waals surface area contributed by atoms with Crippen molar-refractivity contribution in [2.75, 3.05) is 4.90 Å². The van der Waals surface area contributed by atoms with Gasteiger partial charge >= 0.3 is 0 Å². The number of amides is 1. The molecule has 1 aliphatic heterocycles. The molecule has 3 nitrogen and oxygen atoms in total. The van der Waals surface area contributed by atoms with E-state index in [2.05, 4.69) is 30.3 Å². The fraction of sp³-hybridized carbons (Fsp3) is 0.0606. The molecule has 1 N–H and O–H groups in total. The molecular formula is C33H23NO2. The van der Waals surface area contributed by atoms with Gasteiger partial charge in [0.15, 0.2) is 5.60 Å². The van der Waals surface area contributed by atoms with E-state index in [9.17, 15) is 9.90 Å². The Bertz CT molecular complexity index is 1770. The lowest BCUT2D eigenvalue weighted by atomic mass is 9.86. The van der Waals surface area contributed by atoms with Crippen LogP contribution in [-0.2, 0) is 16.9 Å². The van der Waals surface area contributed by atoms with E-state index in [0.717, 1.165) is 43.6 Å². The molecule has 1 heterocycles. The van der Waals surface area contributed by atoms with Gasteiger partial charge in [0.2, 0.25) is 0 Å². The SMILES string of the molecule is O=C1N(Cc2c3ccccc3cc3ccccc23)c2ccccc2[C@@]1(O)c1ccc2ccccc2c1. The van der Waals surface area contributed by atoms with Gasteiger partial charge in [-0.15, -0.1) is 0 Å². The minimum absolute atomic E-state index is 0.323. The van der Waals surface area contributed by atoms with Crippen LogP contribution >= 0.6 is 0 Å². The van der Waals surface area contributed by atoms with Gasteiger partial charge in [0.25, 0.3) is 5.91 Å². The van der Waals surface area contributed by atoms with Gasteiger partial charge in [-0.1, -0.05) is 103 Å². The summed E-state index contributed by atoms with van der Waals surface area (Å²) in [5, 5.41) is 18.7. The number of fused-ring (bicyclic) bond motifs is 4. The number of anilines is 1. The fourth-order valence-electron chi connectivity index (χ4n) is 5.72. The predicted octanol–water partition coefficient (Wildman–Crippen LogP) is 6.93. The first-order chi connectivity index (χ1) is 17.6. The normalized spacial score (nSPS) is 17.2. The van der Waals surface area contributed by atoms with Crippen LogP contribution in [0.3, 0.4) is 0 Å². The highest BCUT2D eigenvalue weighted by Gasteiger charge is 2.51. The summed E-state index contributed by atoms with van der Waals surface area (Å²) in [5.41, 5.74) is 1.28. The lowest BCUT2D eigenvalue weighted by molar-refractivity contribution is -0.132. The summed E-state index contributed by atoms with van der Waals surface area (Å²) in [6, 6.07) is 40.1. The molecule has 0 saturated carbocycles. The Hall–Kier alpha value is -4.47. The number of aliphatic hydroxyl groups is 1. The van der Waals surface area contributed by atoms with Crippen LogP contribution in [0.4, 0.5) is 5.69 Å². The van der Waals surface area contributed by atoms with Crippen LogP contribution in [-0.4, -0.2) is 11.0 Å². The van der Waals surface area contributed by atoms with Crippen LogP contribution in [0.2, 0.25) is 0 Å². The predicted molar refractivity (Wildman–Crippen MR) is 146 cm³/mol. The Labute approximate surface area is 208 Å². The van der Waals surface area contributed by atoms with E-state index >= 15 is 0 Å². The summed E-state index contributed by atoms with van der Waals surface area (Å²) in [5.74, 6) is -0.323. The van der Waals surface area contributed by atoms with Gasteiger partial charge in [-0.25, -0.2) is 0 Å². The zero-order chi connectivity index (χ0) is 24.3. The lowest BCUT2D eigenvalue weighted by Gasteiger charge is -2.25. The summed E-state index contributed by atoms with van der Waals surface area (Å²) in [7, 11) is 0. The Morgan fingerprint density at radius 1 is 0.611 bits per heavy atom. The molecule has 3 heteroatoms. The molecule has 0 saturated heterocycles. The third-order valence-corrected chi connectivity index (χ3v) is 7.51. The van der Waals surface area contributed by atoms with E-state index in [1.54, 1.807) is 4.90 Å². The topological polar surface area (TPSA) is 40.5 Å². The van der Waals surface area contributed by atoms with Crippen LogP contribution in [0.25, 0.3) is 32.3 Å². The van der Waals surface area contributed by atoms with Crippen molar-refractivity contribution in [3.05, 3.63) is 138 Å². The summed E-state index contributed by atoms with van der Waals surface area (Å²) in [6.07, 6.45) is 0. The fourth-order valence-corrected chi connectivity index (χ4v) is 5.72. The quantitative estimate of drug-likeness (QED) is 0.288. The Kier molecular flexibility index (Phi) is 4.50. The minimum atomic E-state index is -1.75. The largest absolute Gasteiger partial charge is 0.372 e. The molecule has 6 aromatic rings. The highest BCUT2D eigenvalue weighted by molar-refractivity contribution is 6.11. The van der Waals surface area contributed by atoms with Gasteiger partial charge < -0.3 is 10.0 Å². The molecule has 0 aromatic heterocycles. The van der Waals surface area contributed by atoms with Crippen molar-refractivity contribution in [2.24, 2.45) is 0 Å². The van der Waals surface area contributed by atoms with Gasteiger partial charge in [0.05, 0.1) is 12.2 Å². The summed E-state index contributed by atoms with van der Waals surface area (Å²) < 4.78 is 0. The first-order valence-corrected chi connectivity index (χ1v) is 12.2. The van der Waals surface area contributed by atoms with Crippen LogP contribution in [0.5, 0.6) is 0 Å². The van der Waals surface area contributed by atoms with E-state index in [-0.39, 0.29) is 5.91 Å². The van der Waals surface area contributed by atoms with E-state index in [4.69, 9.17) is 0 Å². The number of carbonyl (C=O) groups excluding carboxylic acids is 1. The van der Waals surface area contributed by atoms with Gasteiger partial charge in [0.1, 0.15) is 0 Å². The second kappa shape index (κ2) is 7.77. The lowest BCUT2D eigenvalue weighted by Crippen LogP contribution is -2.41. The summed E-state index contributed by atoms with van der Waals surface area (Å²) in [4.78, 5) is 15.9. The molecule has 7 rings (SSSR count). The number of para-hydroxylation sites is 1. The molecule has 6 aromatic carbocycles. The van der Waals surface area contributed by atoms with E-state index in [1.807, 2.05) is 91.0 Å². The number of hydrogen-bond donors (Lipinski definition) is 1. The van der Waals surface area contributed by atoms with Crippen molar-refractivity contribution in [3.8, 4) is 0 Å². The molecule has 36 heavy (non-hydrogen) atoms. The monoisotopic (exact) mass is 465 g/mol. The Morgan fingerprint density at radius 3 is 1.92 bits per heavy atom. The molecule has 0 aliphatic carbocycles. The molecular weight excluding hydrogens is 442 g/mol. The zero-order valence-electron chi connectivity index (χ0n) is 19.6. The van der Waals surface area contributed by atoms with Gasteiger partial charge in [-0.05, 0) is 61.6 Å². The molecule has 1 aliphatic rings. The average molecular weight is 466 g/mol. The van der Waals surface area contributed by atoms with Gasteiger partial charge in [0, 0.05) is 5.56 Å². The smallest absolute Gasteiger partial charge is 0.268 e. The third kappa shape index (κ3) is 2.93. The molecule has 1 amide bonds. The standard InChI is InChI=1S/C33H23NO2/c35-32-33(36,26-18-17-22-9-1-2-10-23(22)20-26)30-15-7-8-16-31(30)34(32)21-29-27-13-5-3-11-24(27)19-25-12-4-6-14-28(25)29/h1-20,36H,21H2/t33-/m0/s1. The molecule has 1 atom stereocenters. The molecule has 0 radical (unpaired) electrons. The number of benzene rings is 6. The summed E-state index contributed by atoms with van der Waals surface area (Å²) in [6.45, 7) is 0.369. The first-order valence-electron chi connectivity index (χ1n) is 12.2. The van der Waals surface area contributed by atoms with Crippen molar-refractivity contribution in [1.82, 2.24) is 0 Å². The number of nitrogens with zero attached hydrogens (tertiary/aromatic N) is 1. The molecule has 172 valence electrons. The van der Waals surface area contributed by atoms with Gasteiger partial charge in [-0.3, -0.25) is 4.79 Å². The van der Waals surface area contributed by atoms with Crippen molar-refractivity contribution in [1.29, 1.82) is 0 Å². The number of carbonyl (C=O) groups is 1. The van der Waals surface area contributed by atoms with E-state index < -0.39 is 5.60 Å². The maximum absolute atomic E-state index is 14.2. The second-order valence-electron chi connectivity index (χ2n) is 9.48. The van der Waals surface area contributed by atoms with Crippen molar-refractivity contribution < 1.29 is 9.90 Å². The maximum Gasteiger partial charge on any atom is 0.268 e. The number of hydrogen-bond acceptors (Lipinski definition) is 2. The highest BCUT2D eigenvalue weighted by Crippen LogP contribution is 2.46. The maximum atomic E-state index is 14.2. The summed E-state index contributed by atoms with van der Waals surface area (Å²) >= 11 is 0. The average Bonchev–Trinajstić information content (AvgIpc) is 3.15. The molecule has 0 unspecified atom stereocenters. The third-order valence-electron chi connectivity index (χ3n) is 7.51. The minimum Gasteiger partial charge on any atom is -0.372 e. The van der Waals surface area contributed by atoms with Crippen LogP contribution < -0.4 is 4.90 Å². The second-order valence-corrected chi connectivity index (χ2v) is 9.48. The number of rotatable bonds is 3. The zero-order valence-corrected chi connectivity index (χ0v) is 19.6.